The standard InChI is InChI=1S/C22H27N3O5/c1-14(2)13-20(26)23-17-7-5-16(6-8-17)22(28)25-24-21(27)15(3)30-19-11-9-18(29-4)10-12-19/h5-12,14-15H,13H2,1-4H3,(H,23,26)(H,24,27)(H,25,28). The lowest BCUT2D eigenvalue weighted by Gasteiger charge is -2.15. The van der Waals surface area contributed by atoms with Gasteiger partial charge in [-0.05, 0) is 61.4 Å². The Morgan fingerprint density at radius 2 is 1.47 bits per heavy atom. The highest BCUT2D eigenvalue weighted by atomic mass is 16.5. The van der Waals surface area contributed by atoms with Gasteiger partial charge in [-0.25, -0.2) is 0 Å². The van der Waals surface area contributed by atoms with Crippen LogP contribution in [0.25, 0.3) is 0 Å². The van der Waals surface area contributed by atoms with Crippen molar-refractivity contribution in [2.75, 3.05) is 12.4 Å². The van der Waals surface area contributed by atoms with Gasteiger partial charge >= 0.3 is 0 Å². The molecule has 0 fully saturated rings. The highest BCUT2D eigenvalue weighted by molar-refractivity contribution is 5.97. The number of methoxy groups -OCH3 is 1. The maximum Gasteiger partial charge on any atom is 0.279 e. The van der Waals surface area contributed by atoms with Gasteiger partial charge in [-0.1, -0.05) is 13.8 Å². The van der Waals surface area contributed by atoms with Crippen LogP contribution in [0, 0.1) is 5.92 Å². The van der Waals surface area contributed by atoms with E-state index < -0.39 is 17.9 Å². The fraction of sp³-hybridized carbons (Fsp3) is 0.318. The van der Waals surface area contributed by atoms with E-state index in [1.165, 1.54) is 0 Å². The van der Waals surface area contributed by atoms with Crippen LogP contribution in [0.5, 0.6) is 11.5 Å². The molecule has 160 valence electrons. The quantitative estimate of drug-likeness (QED) is 0.577. The van der Waals surface area contributed by atoms with E-state index in [0.29, 0.717) is 29.2 Å². The fourth-order valence-corrected chi connectivity index (χ4v) is 2.49. The van der Waals surface area contributed by atoms with Crippen molar-refractivity contribution in [3.8, 4) is 11.5 Å². The van der Waals surface area contributed by atoms with E-state index in [9.17, 15) is 14.4 Å². The normalized spacial score (nSPS) is 11.4. The van der Waals surface area contributed by atoms with Crippen molar-refractivity contribution in [1.82, 2.24) is 10.9 Å². The summed E-state index contributed by atoms with van der Waals surface area (Å²) in [6, 6.07) is 13.2. The molecule has 1 unspecified atom stereocenters. The largest absolute Gasteiger partial charge is 0.497 e. The Labute approximate surface area is 175 Å². The predicted octanol–water partition coefficient (Wildman–Crippen LogP) is 2.91. The smallest absolute Gasteiger partial charge is 0.279 e. The lowest BCUT2D eigenvalue weighted by atomic mass is 10.1. The Morgan fingerprint density at radius 1 is 0.867 bits per heavy atom. The number of hydrazine groups is 1. The Hall–Kier alpha value is -3.55. The van der Waals surface area contributed by atoms with Crippen molar-refractivity contribution < 1.29 is 23.9 Å². The highest BCUT2D eigenvalue weighted by Gasteiger charge is 2.16. The third-order valence-electron chi connectivity index (χ3n) is 4.07. The molecule has 2 aromatic rings. The van der Waals surface area contributed by atoms with Gasteiger partial charge in [0.05, 0.1) is 7.11 Å². The van der Waals surface area contributed by atoms with Gasteiger partial charge in [0.2, 0.25) is 5.91 Å². The van der Waals surface area contributed by atoms with Crippen LogP contribution in [-0.4, -0.2) is 30.9 Å². The molecule has 0 spiro atoms. The maximum absolute atomic E-state index is 12.2. The number of carbonyl (C=O) groups excluding carboxylic acids is 3. The molecule has 0 radical (unpaired) electrons. The first-order valence-electron chi connectivity index (χ1n) is 9.59. The molecule has 0 heterocycles. The highest BCUT2D eigenvalue weighted by Crippen LogP contribution is 2.18. The van der Waals surface area contributed by atoms with Gasteiger partial charge in [-0.2, -0.15) is 0 Å². The summed E-state index contributed by atoms with van der Waals surface area (Å²) >= 11 is 0. The van der Waals surface area contributed by atoms with Gasteiger partial charge in [0.25, 0.3) is 11.8 Å². The molecule has 8 heteroatoms. The van der Waals surface area contributed by atoms with Gasteiger partial charge in [0.15, 0.2) is 6.10 Å². The minimum absolute atomic E-state index is 0.0830. The van der Waals surface area contributed by atoms with E-state index >= 15 is 0 Å². The van der Waals surface area contributed by atoms with Crippen molar-refractivity contribution >= 4 is 23.4 Å². The minimum Gasteiger partial charge on any atom is -0.497 e. The summed E-state index contributed by atoms with van der Waals surface area (Å²) < 4.78 is 10.6. The summed E-state index contributed by atoms with van der Waals surface area (Å²) in [6.07, 6.45) is -0.400. The summed E-state index contributed by atoms with van der Waals surface area (Å²) in [5.74, 6) is 0.365. The van der Waals surface area contributed by atoms with E-state index in [1.54, 1.807) is 62.6 Å². The molecule has 0 saturated heterocycles. The fourth-order valence-electron chi connectivity index (χ4n) is 2.49. The average molecular weight is 413 g/mol. The van der Waals surface area contributed by atoms with Crippen LogP contribution in [0.15, 0.2) is 48.5 Å². The number of nitrogens with one attached hydrogen (secondary N) is 3. The molecule has 1 atom stereocenters. The monoisotopic (exact) mass is 413 g/mol. The van der Waals surface area contributed by atoms with Crippen molar-refractivity contribution in [2.45, 2.75) is 33.3 Å². The Balaban J connectivity index is 1.82. The number of hydrogen-bond acceptors (Lipinski definition) is 5. The van der Waals surface area contributed by atoms with Crippen LogP contribution in [0.4, 0.5) is 5.69 Å². The number of hydrogen-bond donors (Lipinski definition) is 3. The summed E-state index contributed by atoms with van der Waals surface area (Å²) in [5.41, 5.74) is 5.61. The molecular formula is C22H27N3O5. The number of ether oxygens (including phenoxy) is 2. The zero-order valence-electron chi connectivity index (χ0n) is 17.5. The molecule has 8 nitrogen and oxygen atoms in total. The second-order valence-electron chi connectivity index (χ2n) is 7.10. The van der Waals surface area contributed by atoms with E-state index in [1.807, 2.05) is 13.8 Å². The number of amides is 3. The Bertz CT molecular complexity index is 863. The third kappa shape index (κ3) is 7.12. The summed E-state index contributed by atoms with van der Waals surface area (Å²) in [6.45, 7) is 5.49. The molecule has 0 aliphatic heterocycles. The van der Waals surface area contributed by atoms with Gasteiger partial charge in [0.1, 0.15) is 11.5 Å². The van der Waals surface area contributed by atoms with E-state index in [2.05, 4.69) is 16.2 Å². The van der Waals surface area contributed by atoms with Gasteiger partial charge < -0.3 is 14.8 Å². The first kappa shape index (κ1) is 22.7. The molecule has 0 bridgehead atoms. The van der Waals surface area contributed by atoms with Crippen molar-refractivity contribution in [3.05, 3.63) is 54.1 Å². The Morgan fingerprint density at radius 3 is 2.03 bits per heavy atom. The van der Waals surface area contributed by atoms with Gasteiger partial charge in [-0.15, -0.1) is 0 Å². The molecule has 2 aromatic carbocycles. The minimum atomic E-state index is -0.822. The average Bonchev–Trinajstić information content (AvgIpc) is 2.72. The summed E-state index contributed by atoms with van der Waals surface area (Å²) in [5, 5.41) is 2.77. The first-order valence-corrected chi connectivity index (χ1v) is 9.59. The lowest BCUT2D eigenvalue weighted by Crippen LogP contribution is -2.47. The molecular weight excluding hydrogens is 386 g/mol. The van der Waals surface area contributed by atoms with Crippen molar-refractivity contribution in [3.63, 3.8) is 0 Å². The van der Waals surface area contributed by atoms with Crippen LogP contribution in [0.3, 0.4) is 0 Å². The molecule has 3 N–H and O–H groups in total. The van der Waals surface area contributed by atoms with Gasteiger partial charge in [-0.3, -0.25) is 25.2 Å². The van der Waals surface area contributed by atoms with E-state index in [4.69, 9.17) is 9.47 Å². The molecule has 0 aromatic heterocycles. The number of anilines is 1. The van der Waals surface area contributed by atoms with E-state index in [0.717, 1.165) is 0 Å². The van der Waals surface area contributed by atoms with Crippen LogP contribution >= 0.6 is 0 Å². The second-order valence-corrected chi connectivity index (χ2v) is 7.10. The first-order chi connectivity index (χ1) is 14.3. The third-order valence-corrected chi connectivity index (χ3v) is 4.07. The number of rotatable bonds is 8. The molecule has 0 aliphatic carbocycles. The van der Waals surface area contributed by atoms with E-state index in [-0.39, 0.29) is 11.8 Å². The molecule has 2 rings (SSSR count). The molecule has 0 saturated carbocycles. The Kier molecular flexibility index (Phi) is 8.22. The number of benzene rings is 2. The van der Waals surface area contributed by atoms with Crippen molar-refractivity contribution in [1.29, 1.82) is 0 Å². The maximum atomic E-state index is 12.2. The lowest BCUT2D eigenvalue weighted by molar-refractivity contribution is -0.128. The zero-order chi connectivity index (χ0) is 22.1. The second kappa shape index (κ2) is 10.8. The van der Waals surface area contributed by atoms with Crippen LogP contribution in [-0.2, 0) is 9.59 Å². The predicted molar refractivity (Wildman–Crippen MR) is 113 cm³/mol. The molecule has 30 heavy (non-hydrogen) atoms. The van der Waals surface area contributed by atoms with Crippen LogP contribution in [0.1, 0.15) is 37.6 Å². The summed E-state index contributed by atoms with van der Waals surface area (Å²) in [4.78, 5) is 36.1. The number of carbonyl (C=O) groups is 3. The van der Waals surface area contributed by atoms with Crippen LogP contribution < -0.4 is 25.6 Å². The SMILES string of the molecule is COc1ccc(OC(C)C(=O)NNC(=O)c2ccc(NC(=O)CC(C)C)cc2)cc1. The van der Waals surface area contributed by atoms with Crippen molar-refractivity contribution in [2.24, 2.45) is 5.92 Å². The summed E-state index contributed by atoms with van der Waals surface area (Å²) in [7, 11) is 1.56. The zero-order valence-corrected chi connectivity index (χ0v) is 17.5. The van der Waals surface area contributed by atoms with Crippen LogP contribution in [0.2, 0.25) is 0 Å². The molecule has 3 amide bonds. The molecule has 0 aliphatic rings. The van der Waals surface area contributed by atoms with Gasteiger partial charge in [0, 0.05) is 17.7 Å². The topological polar surface area (TPSA) is 106 Å².